The average Bonchev–Trinajstić information content (AvgIpc) is 2.32. The van der Waals surface area contributed by atoms with Gasteiger partial charge in [-0.2, -0.15) is 0 Å². The van der Waals surface area contributed by atoms with Crippen LogP contribution < -0.4 is 5.32 Å². The van der Waals surface area contributed by atoms with Gasteiger partial charge in [0.05, 0.1) is 5.69 Å². The number of hydrogen-bond donors (Lipinski definition) is 2. The molecule has 1 heterocycles. The Labute approximate surface area is 98.2 Å². The molecule has 0 aliphatic rings. The molecule has 1 amide bonds. The van der Waals surface area contributed by atoms with Gasteiger partial charge in [-0.25, -0.2) is 9.97 Å². The summed E-state index contributed by atoms with van der Waals surface area (Å²) in [7, 11) is 0. The first-order valence-electron chi connectivity index (χ1n) is 5.06. The number of hydrogen-bond acceptors (Lipinski definition) is 4. The summed E-state index contributed by atoms with van der Waals surface area (Å²) in [6, 6.07) is 8.03. The Morgan fingerprint density at radius 1 is 1.29 bits per heavy atom. The Balaban J connectivity index is 2.20. The van der Waals surface area contributed by atoms with E-state index in [-0.39, 0.29) is 17.4 Å². The third-order valence-electron chi connectivity index (χ3n) is 2.16. The number of phenols is 1. The molecule has 86 valence electrons. The number of aromatic nitrogens is 2. The van der Waals surface area contributed by atoms with Crippen LogP contribution in [0.15, 0.2) is 36.5 Å². The van der Waals surface area contributed by atoms with Gasteiger partial charge in [0.1, 0.15) is 17.3 Å². The number of amides is 1. The molecular formula is C12H11N3O2. The lowest BCUT2D eigenvalue weighted by Crippen LogP contribution is -2.14. The van der Waals surface area contributed by atoms with E-state index in [4.69, 9.17) is 0 Å². The van der Waals surface area contributed by atoms with Gasteiger partial charge in [-0.15, -0.1) is 0 Å². The molecule has 0 fully saturated rings. The van der Waals surface area contributed by atoms with Crippen LogP contribution in [0.2, 0.25) is 0 Å². The first kappa shape index (κ1) is 11.1. The van der Waals surface area contributed by atoms with E-state index in [0.717, 1.165) is 0 Å². The Morgan fingerprint density at radius 3 is 2.76 bits per heavy atom. The maximum atomic E-state index is 11.8. The molecule has 0 saturated carbocycles. The number of nitrogens with zero attached hydrogens (tertiary/aromatic N) is 2. The molecule has 5 nitrogen and oxygen atoms in total. The van der Waals surface area contributed by atoms with Crippen LogP contribution in [0, 0.1) is 6.92 Å². The Morgan fingerprint density at radius 2 is 2.06 bits per heavy atom. The van der Waals surface area contributed by atoms with Gasteiger partial charge in [-0.3, -0.25) is 4.79 Å². The third-order valence-corrected chi connectivity index (χ3v) is 2.16. The minimum Gasteiger partial charge on any atom is -0.506 e. The fourth-order valence-electron chi connectivity index (χ4n) is 1.35. The number of carbonyl (C=O) groups is 1. The summed E-state index contributed by atoms with van der Waals surface area (Å²) >= 11 is 0. The van der Waals surface area contributed by atoms with E-state index in [1.807, 2.05) is 0 Å². The smallest absolute Gasteiger partial charge is 0.274 e. The van der Waals surface area contributed by atoms with Crippen molar-refractivity contribution in [2.75, 3.05) is 5.32 Å². The van der Waals surface area contributed by atoms with Gasteiger partial charge in [0.2, 0.25) is 0 Å². The van der Waals surface area contributed by atoms with Crippen LogP contribution >= 0.6 is 0 Å². The fraction of sp³-hybridized carbons (Fsp3) is 0.0833. The number of carbonyl (C=O) groups excluding carboxylic acids is 1. The second-order valence-electron chi connectivity index (χ2n) is 3.46. The molecule has 17 heavy (non-hydrogen) atoms. The number of rotatable bonds is 2. The first-order chi connectivity index (χ1) is 8.16. The molecule has 2 aromatic rings. The van der Waals surface area contributed by atoms with Crippen LogP contribution in [-0.4, -0.2) is 21.0 Å². The minimum atomic E-state index is -0.378. The van der Waals surface area contributed by atoms with Crippen LogP contribution in [0.1, 0.15) is 16.3 Å². The van der Waals surface area contributed by atoms with Crippen molar-refractivity contribution in [3.63, 3.8) is 0 Å². The average molecular weight is 229 g/mol. The zero-order chi connectivity index (χ0) is 12.3. The lowest BCUT2D eigenvalue weighted by Gasteiger charge is -2.06. The molecule has 0 aliphatic carbocycles. The molecule has 0 spiro atoms. The molecule has 5 heteroatoms. The largest absolute Gasteiger partial charge is 0.506 e. The highest BCUT2D eigenvalue weighted by Crippen LogP contribution is 2.21. The molecular weight excluding hydrogens is 218 g/mol. The van der Waals surface area contributed by atoms with Gasteiger partial charge in [0.15, 0.2) is 0 Å². The molecule has 0 atom stereocenters. The predicted octanol–water partition coefficient (Wildman–Crippen LogP) is 1.74. The Hall–Kier alpha value is -2.43. The van der Waals surface area contributed by atoms with Crippen molar-refractivity contribution in [1.29, 1.82) is 0 Å². The molecule has 2 rings (SSSR count). The van der Waals surface area contributed by atoms with Crippen LogP contribution in [0.4, 0.5) is 5.69 Å². The normalized spacial score (nSPS) is 9.94. The molecule has 0 bridgehead atoms. The number of para-hydroxylation sites is 2. The van der Waals surface area contributed by atoms with E-state index in [2.05, 4.69) is 15.3 Å². The van der Waals surface area contributed by atoms with E-state index < -0.39 is 0 Å². The number of benzene rings is 1. The van der Waals surface area contributed by atoms with E-state index in [9.17, 15) is 9.90 Å². The quantitative estimate of drug-likeness (QED) is 0.769. The molecule has 0 aliphatic heterocycles. The second-order valence-corrected chi connectivity index (χ2v) is 3.46. The topological polar surface area (TPSA) is 75.1 Å². The molecule has 0 unspecified atom stereocenters. The highest BCUT2D eigenvalue weighted by molar-refractivity contribution is 6.03. The number of aromatic hydroxyl groups is 1. The van der Waals surface area contributed by atoms with Gasteiger partial charge in [0, 0.05) is 6.20 Å². The summed E-state index contributed by atoms with van der Waals surface area (Å²) in [4.78, 5) is 19.7. The monoisotopic (exact) mass is 229 g/mol. The summed E-state index contributed by atoms with van der Waals surface area (Å²) in [6.45, 7) is 1.71. The summed E-state index contributed by atoms with van der Waals surface area (Å²) in [6.07, 6.45) is 1.52. The predicted molar refractivity (Wildman–Crippen MR) is 62.8 cm³/mol. The van der Waals surface area contributed by atoms with E-state index >= 15 is 0 Å². The zero-order valence-electron chi connectivity index (χ0n) is 9.21. The van der Waals surface area contributed by atoms with E-state index in [1.54, 1.807) is 25.1 Å². The number of nitrogens with one attached hydrogen (secondary N) is 1. The lowest BCUT2D eigenvalue weighted by molar-refractivity contribution is 0.102. The Bertz CT molecular complexity index is 555. The van der Waals surface area contributed by atoms with Gasteiger partial charge >= 0.3 is 0 Å². The summed E-state index contributed by atoms with van der Waals surface area (Å²) in [5, 5.41) is 12.1. The highest BCUT2D eigenvalue weighted by Gasteiger charge is 2.09. The highest BCUT2D eigenvalue weighted by atomic mass is 16.3. The second kappa shape index (κ2) is 4.61. The van der Waals surface area contributed by atoms with Crippen molar-refractivity contribution in [2.45, 2.75) is 6.92 Å². The van der Waals surface area contributed by atoms with E-state index in [1.165, 1.54) is 18.3 Å². The van der Waals surface area contributed by atoms with Gasteiger partial charge in [-0.05, 0) is 25.1 Å². The zero-order valence-corrected chi connectivity index (χ0v) is 9.21. The maximum Gasteiger partial charge on any atom is 0.274 e. The van der Waals surface area contributed by atoms with Crippen LogP contribution in [0.25, 0.3) is 0 Å². The van der Waals surface area contributed by atoms with Crippen LogP contribution in [-0.2, 0) is 0 Å². The van der Waals surface area contributed by atoms with E-state index in [0.29, 0.717) is 11.5 Å². The summed E-state index contributed by atoms with van der Waals surface area (Å²) < 4.78 is 0. The van der Waals surface area contributed by atoms with Crippen molar-refractivity contribution < 1.29 is 9.90 Å². The first-order valence-corrected chi connectivity index (χ1v) is 5.06. The fourth-order valence-corrected chi connectivity index (χ4v) is 1.35. The maximum absolute atomic E-state index is 11.8. The van der Waals surface area contributed by atoms with Crippen LogP contribution in [0.5, 0.6) is 5.75 Å². The third kappa shape index (κ3) is 2.57. The van der Waals surface area contributed by atoms with Gasteiger partial charge in [-0.1, -0.05) is 12.1 Å². The minimum absolute atomic E-state index is 0.0200. The Kier molecular flexibility index (Phi) is 3.00. The van der Waals surface area contributed by atoms with Gasteiger partial charge in [0.25, 0.3) is 5.91 Å². The summed E-state index contributed by atoms with van der Waals surface area (Å²) in [5.74, 6) is 0.165. The number of aryl methyl sites for hydroxylation is 1. The van der Waals surface area contributed by atoms with Crippen molar-refractivity contribution >= 4 is 11.6 Å². The standard InChI is InChI=1S/C12H11N3O2/c1-8-13-7-6-10(14-8)12(17)15-9-4-2-3-5-11(9)16/h2-7,16H,1H3,(H,15,17). The number of phenolic OH excluding ortho intramolecular Hbond substituents is 1. The van der Waals surface area contributed by atoms with Crippen molar-refractivity contribution in [2.24, 2.45) is 0 Å². The molecule has 2 N–H and O–H groups in total. The summed E-state index contributed by atoms with van der Waals surface area (Å²) in [5.41, 5.74) is 0.620. The molecule has 1 aromatic carbocycles. The molecule has 1 aromatic heterocycles. The SMILES string of the molecule is Cc1nccc(C(=O)Nc2ccccc2O)n1. The van der Waals surface area contributed by atoms with Crippen LogP contribution in [0.3, 0.4) is 0 Å². The molecule has 0 radical (unpaired) electrons. The lowest BCUT2D eigenvalue weighted by atomic mass is 10.3. The molecule has 0 saturated heterocycles. The van der Waals surface area contributed by atoms with Crippen molar-refractivity contribution in [3.05, 3.63) is 48.0 Å². The van der Waals surface area contributed by atoms with Crippen molar-refractivity contribution in [3.8, 4) is 5.75 Å². The van der Waals surface area contributed by atoms with Crippen molar-refractivity contribution in [1.82, 2.24) is 9.97 Å². The van der Waals surface area contributed by atoms with Gasteiger partial charge < -0.3 is 10.4 Å². The number of anilines is 1.